The zero-order valence-electron chi connectivity index (χ0n) is 15.5. The maximum atomic E-state index is 12.1. The van der Waals surface area contributed by atoms with Crippen molar-refractivity contribution < 1.29 is 19.0 Å². The Kier molecular flexibility index (Phi) is 6.43. The molecule has 0 saturated heterocycles. The van der Waals surface area contributed by atoms with E-state index in [0.717, 1.165) is 16.8 Å². The summed E-state index contributed by atoms with van der Waals surface area (Å²) in [5, 5.41) is 6.78. The number of nitrogens with one attached hydrogen (secondary N) is 2. The van der Waals surface area contributed by atoms with Crippen LogP contribution in [0.15, 0.2) is 35.4 Å². The van der Waals surface area contributed by atoms with Crippen LogP contribution >= 0.6 is 0 Å². The molecule has 0 fully saturated rings. The molecule has 0 spiro atoms. The predicted molar refractivity (Wildman–Crippen MR) is 102 cm³/mol. The van der Waals surface area contributed by atoms with E-state index < -0.39 is 6.03 Å². The number of carbonyl (C=O) groups excluding carboxylic acids is 1. The van der Waals surface area contributed by atoms with Gasteiger partial charge in [0.2, 0.25) is 0 Å². The van der Waals surface area contributed by atoms with Gasteiger partial charge in [-0.3, -0.25) is 0 Å². The van der Waals surface area contributed by atoms with Gasteiger partial charge >= 0.3 is 6.03 Å². The van der Waals surface area contributed by atoms with Gasteiger partial charge in [0.05, 0.1) is 33.1 Å². The first-order valence-corrected chi connectivity index (χ1v) is 7.96. The Balaban J connectivity index is 2.14. The topological polar surface area (TPSA) is 81.2 Å². The van der Waals surface area contributed by atoms with Crippen LogP contribution < -0.4 is 25.0 Å². The number of hydrogen-bond donors (Lipinski definition) is 2. The molecule has 7 heteroatoms. The number of aryl methyl sites for hydroxylation is 2. The molecule has 0 aromatic heterocycles. The van der Waals surface area contributed by atoms with E-state index in [1.165, 1.54) is 20.4 Å². The second-order valence-corrected chi connectivity index (χ2v) is 5.54. The Morgan fingerprint density at radius 3 is 2.08 bits per heavy atom. The van der Waals surface area contributed by atoms with Gasteiger partial charge in [-0.2, -0.15) is 5.10 Å². The van der Waals surface area contributed by atoms with Crippen LogP contribution in [0.3, 0.4) is 0 Å². The van der Waals surface area contributed by atoms with Gasteiger partial charge < -0.3 is 19.5 Å². The van der Waals surface area contributed by atoms with Crippen LogP contribution in [0.25, 0.3) is 0 Å². The molecule has 138 valence electrons. The minimum atomic E-state index is -0.440. The quantitative estimate of drug-likeness (QED) is 0.612. The van der Waals surface area contributed by atoms with E-state index in [-0.39, 0.29) is 0 Å². The van der Waals surface area contributed by atoms with Gasteiger partial charge in [-0.1, -0.05) is 18.2 Å². The lowest BCUT2D eigenvalue weighted by atomic mass is 10.1. The zero-order chi connectivity index (χ0) is 19.1. The van der Waals surface area contributed by atoms with Gasteiger partial charge in [-0.05, 0) is 25.0 Å². The molecule has 2 rings (SSSR count). The number of nitrogens with zero attached hydrogens (tertiary/aromatic N) is 1. The summed E-state index contributed by atoms with van der Waals surface area (Å²) in [6.07, 6.45) is 1.46. The molecule has 2 amide bonds. The fraction of sp³-hybridized carbons (Fsp3) is 0.263. The fourth-order valence-corrected chi connectivity index (χ4v) is 2.47. The largest absolute Gasteiger partial charge is 0.496 e. The number of benzene rings is 2. The molecular formula is C19H23N3O4. The number of anilines is 1. The summed E-state index contributed by atoms with van der Waals surface area (Å²) in [6, 6.07) is 8.78. The van der Waals surface area contributed by atoms with Crippen molar-refractivity contribution >= 4 is 17.9 Å². The van der Waals surface area contributed by atoms with Crippen LogP contribution in [-0.2, 0) is 0 Å². The van der Waals surface area contributed by atoms with Crippen LogP contribution in [-0.4, -0.2) is 33.6 Å². The molecule has 0 heterocycles. The van der Waals surface area contributed by atoms with Crippen molar-refractivity contribution in [1.29, 1.82) is 0 Å². The molecule has 0 atom stereocenters. The monoisotopic (exact) mass is 357 g/mol. The van der Waals surface area contributed by atoms with Crippen LogP contribution in [0.5, 0.6) is 17.2 Å². The van der Waals surface area contributed by atoms with Gasteiger partial charge in [0.25, 0.3) is 0 Å². The lowest BCUT2D eigenvalue weighted by Gasteiger charge is -2.12. The first-order chi connectivity index (χ1) is 12.5. The van der Waals surface area contributed by atoms with Gasteiger partial charge in [-0.15, -0.1) is 0 Å². The van der Waals surface area contributed by atoms with Crippen LogP contribution in [0.1, 0.15) is 16.7 Å². The molecule has 0 radical (unpaired) electrons. The Labute approximate surface area is 153 Å². The number of hydrogen-bond acceptors (Lipinski definition) is 5. The maximum absolute atomic E-state index is 12.1. The smallest absolute Gasteiger partial charge is 0.339 e. The van der Waals surface area contributed by atoms with E-state index >= 15 is 0 Å². The number of urea groups is 1. The van der Waals surface area contributed by atoms with E-state index in [4.69, 9.17) is 14.2 Å². The SMILES string of the molecule is COc1cc(OC)c(C=NNC(=O)Nc2c(C)cccc2C)c(OC)c1. The lowest BCUT2D eigenvalue weighted by molar-refractivity contribution is 0.252. The highest BCUT2D eigenvalue weighted by Crippen LogP contribution is 2.32. The molecule has 2 aromatic carbocycles. The molecule has 0 unspecified atom stereocenters. The molecule has 0 saturated carbocycles. The molecule has 0 aliphatic carbocycles. The second kappa shape index (κ2) is 8.75. The average Bonchev–Trinajstić information content (AvgIpc) is 2.64. The fourth-order valence-electron chi connectivity index (χ4n) is 2.47. The normalized spacial score (nSPS) is 10.5. The van der Waals surface area contributed by atoms with E-state index in [0.29, 0.717) is 22.8 Å². The van der Waals surface area contributed by atoms with Crippen LogP contribution in [0, 0.1) is 13.8 Å². The van der Waals surface area contributed by atoms with E-state index in [9.17, 15) is 4.79 Å². The third-order valence-electron chi connectivity index (χ3n) is 3.83. The molecule has 26 heavy (non-hydrogen) atoms. The molecule has 0 aliphatic rings. The van der Waals surface area contributed by atoms with Crippen molar-refractivity contribution in [3.05, 3.63) is 47.0 Å². The van der Waals surface area contributed by atoms with Crippen LogP contribution in [0.2, 0.25) is 0 Å². The number of para-hydroxylation sites is 1. The number of rotatable bonds is 6. The minimum absolute atomic E-state index is 0.440. The van der Waals surface area contributed by atoms with Gasteiger partial charge in [0, 0.05) is 17.8 Å². The molecule has 2 N–H and O–H groups in total. The highest BCUT2D eigenvalue weighted by atomic mass is 16.5. The maximum Gasteiger partial charge on any atom is 0.339 e. The summed E-state index contributed by atoms with van der Waals surface area (Å²) in [6.45, 7) is 3.86. The number of methoxy groups -OCH3 is 3. The average molecular weight is 357 g/mol. The Bertz CT molecular complexity index is 773. The molecule has 0 bridgehead atoms. The number of amides is 2. The van der Waals surface area contributed by atoms with Crippen molar-refractivity contribution in [3.63, 3.8) is 0 Å². The Hall–Kier alpha value is -3.22. The second-order valence-electron chi connectivity index (χ2n) is 5.54. The lowest BCUT2D eigenvalue weighted by Crippen LogP contribution is -2.25. The van der Waals surface area contributed by atoms with Crippen molar-refractivity contribution in [2.75, 3.05) is 26.6 Å². The number of hydrazone groups is 1. The standard InChI is InChI=1S/C19H23N3O4/c1-12-7-6-8-13(2)18(12)21-19(23)22-20-11-15-16(25-4)9-14(24-3)10-17(15)26-5/h6-11H,1-5H3,(H2,21,22,23). The summed E-state index contributed by atoms with van der Waals surface area (Å²) in [4.78, 5) is 12.1. The van der Waals surface area contributed by atoms with Gasteiger partial charge in [-0.25, -0.2) is 10.2 Å². The highest BCUT2D eigenvalue weighted by molar-refractivity contribution is 5.93. The molecule has 0 aliphatic heterocycles. The van der Waals surface area contributed by atoms with Crippen LogP contribution in [0.4, 0.5) is 10.5 Å². The van der Waals surface area contributed by atoms with Crippen molar-refractivity contribution in [2.45, 2.75) is 13.8 Å². The summed E-state index contributed by atoms with van der Waals surface area (Å²) in [5.74, 6) is 1.63. The third kappa shape index (κ3) is 4.44. The predicted octanol–water partition coefficient (Wildman–Crippen LogP) is 3.48. The van der Waals surface area contributed by atoms with Gasteiger partial charge in [0.1, 0.15) is 17.2 Å². The Morgan fingerprint density at radius 2 is 1.58 bits per heavy atom. The zero-order valence-corrected chi connectivity index (χ0v) is 15.5. The molecular weight excluding hydrogens is 334 g/mol. The Morgan fingerprint density at radius 1 is 1.00 bits per heavy atom. The van der Waals surface area contributed by atoms with E-state index in [1.807, 2.05) is 32.0 Å². The van der Waals surface area contributed by atoms with E-state index in [1.54, 1.807) is 19.2 Å². The molecule has 2 aromatic rings. The van der Waals surface area contributed by atoms with E-state index in [2.05, 4.69) is 15.8 Å². The third-order valence-corrected chi connectivity index (χ3v) is 3.83. The molecule has 7 nitrogen and oxygen atoms in total. The summed E-state index contributed by atoms with van der Waals surface area (Å²) >= 11 is 0. The first-order valence-electron chi connectivity index (χ1n) is 7.96. The van der Waals surface area contributed by atoms with Crippen molar-refractivity contribution in [3.8, 4) is 17.2 Å². The summed E-state index contributed by atoms with van der Waals surface area (Å²) in [7, 11) is 4.63. The summed E-state index contributed by atoms with van der Waals surface area (Å²) < 4.78 is 15.9. The van der Waals surface area contributed by atoms with Crippen molar-refractivity contribution in [1.82, 2.24) is 5.43 Å². The highest BCUT2D eigenvalue weighted by Gasteiger charge is 2.12. The summed E-state index contributed by atoms with van der Waals surface area (Å²) in [5.41, 5.74) is 5.74. The number of carbonyl (C=O) groups is 1. The van der Waals surface area contributed by atoms with Crippen molar-refractivity contribution in [2.24, 2.45) is 5.10 Å². The number of ether oxygens (including phenoxy) is 3. The first kappa shape index (κ1) is 19.1. The minimum Gasteiger partial charge on any atom is -0.496 e. The van der Waals surface area contributed by atoms with Gasteiger partial charge in [0.15, 0.2) is 0 Å².